The summed E-state index contributed by atoms with van der Waals surface area (Å²) in [7, 11) is 0. The number of nitrogens with one attached hydrogen (secondary N) is 5. The molecule has 13 heteroatoms. The van der Waals surface area contributed by atoms with Crippen molar-refractivity contribution in [2.75, 3.05) is 26.2 Å². The number of piperidine rings is 1. The fraction of sp³-hybridized carbons (Fsp3) is 0.778. The summed E-state index contributed by atoms with van der Waals surface area (Å²) < 4.78 is 5.35. The van der Waals surface area contributed by atoms with Gasteiger partial charge in [-0.15, -0.1) is 12.3 Å². The number of fused-ring (bicyclic) bond motifs is 1. The Kier molecular flexibility index (Phi) is 13.1. The van der Waals surface area contributed by atoms with E-state index in [9.17, 15) is 28.8 Å². The summed E-state index contributed by atoms with van der Waals surface area (Å²) >= 11 is 0. The minimum absolute atomic E-state index is 0.0563. The largest absolute Gasteiger partial charge is 0.447 e. The van der Waals surface area contributed by atoms with E-state index >= 15 is 0 Å². The lowest BCUT2D eigenvalue weighted by Gasteiger charge is -2.43. The Balaban J connectivity index is 1.89. The van der Waals surface area contributed by atoms with E-state index in [2.05, 4.69) is 46.4 Å². The zero-order valence-corrected chi connectivity index (χ0v) is 30.6. The molecule has 1 unspecified atom stereocenters. The number of hydrogen-bond acceptors (Lipinski definition) is 7. The van der Waals surface area contributed by atoms with Crippen molar-refractivity contribution in [1.29, 1.82) is 0 Å². The highest BCUT2D eigenvalue weighted by Crippen LogP contribution is 2.65. The van der Waals surface area contributed by atoms with Crippen LogP contribution in [0.15, 0.2) is 0 Å². The summed E-state index contributed by atoms with van der Waals surface area (Å²) in [5.41, 5.74) is -1.27. The first-order valence-electron chi connectivity index (χ1n) is 17.8. The van der Waals surface area contributed by atoms with Crippen molar-refractivity contribution in [2.45, 2.75) is 125 Å². The van der Waals surface area contributed by atoms with Crippen molar-refractivity contribution in [3.63, 3.8) is 0 Å². The van der Waals surface area contributed by atoms with Gasteiger partial charge in [0.1, 0.15) is 18.7 Å². The Bertz CT molecular complexity index is 1300. The van der Waals surface area contributed by atoms with Gasteiger partial charge in [0.15, 0.2) is 0 Å². The maximum atomic E-state index is 14.7. The summed E-state index contributed by atoms with van der Waals surface area (Å²) in [6.45, 7) is 16.2. The van der Waals surface area contributed by atoms with E-state index in [0.717, 1.165) is 19.3 Å². The van der Waals surface area contributed by atoms with Crippen LogP contribution in [-0.4, -0.2) is 90.9 Å². The number of rotatable bonds is 14. The quantitative estimate of drug-likeness (QED) is 0.138. The number of nitrogens with zero attached hydrogens (tertiary/aromatic N) is 1. The number of terminal acetylenes is 1. The van der Waals surface area contributed by atoms with E-state index in [1.165, 1.54) is 0 Å². The lowest BCUT2D eigenvalue weighted by Crippen LogP contribution is -2.63. The molecule has 0 aromatic carbocycles. The molecular weight excluding hydrogens is 628 g/mol. The van der Waals surface area contributed by atoms with Crippen molar-refractivity contribution in [3.05, 3.63) is 0 Å². The number of ketones is 1. The minimum atomic E-state index is -1.14. The number of alkyl carbamates (subject to hydrolysis) is 1. The first-order chi connectivity index (χ1) is 22.9. The molecule has 6 amide bonds. The van der Waals surface area contributed by atoms with Gasteiger partial charge in [0.25, 0.3) is 5.91 Å². The average Bonchev–Trinajstić information content (AvgIpc) is 3.33. The Labute approximate surface area is 291 Å². The van der Waals surface area contributed by atoms with Gasteiger partial charge >= 0.3 is 12.1 Å². The summed E-state index contributed by atoms with van der Waals surface area (Å²) in [4.78, 5) is 81.5. The highest BCUT2D eigenvalue weighted by Gasteiger charge is 2.70. The van der Waals surface area contributed by atoms with Crippen molar-refractivity contribution in [3.8, 4) is 12.3 Å². The molecule has 2 aliphatic carbocycles. The Morgan fingerprint density at radius 3 is 2.14 bits per heavy atom. The van der Waals surface area contributed by atoms with Crippen LogP contribution in [0, 0.1) is 40.4 Å². The molecule has 6 atom stereocenters. The molecule has 3 aliphatic rings. The van der Waals surface area contributed by atoms with Crippen LogP contribution in [0.25, 0.3) is 0 Å². The zero-order chi connectivity index (χ0) is 36.7. The number of carbonyl (C=O) groups is 6. The van der Waals surface area contributed by atoms with Crippen LogP contribution in [0.4, 0.5) is 9.59 Å². The van der Waals surface area contributed by atoms with Crippen LogP contribution in [0.1, 0.15) is 100 Å². The summed E-state index contributed by atoms with van der Waals surface area (Å²) in [6.07, 6.45) is 9.36. The van der Waals surface area contributed by atoms with Crippen LogP contribution in [-0.2, 0) is 23.9 Å². The molecule has 0 bridgehead atoms. The lowest BCUT2D eigenvalue weighted by atomic mass is 9.70. The third kappa shape index (κ3) is 9.45. The number of hydrogen-bond donors (Lipinski definition) is 5. The highest BCUT2D eigenvalue weighted by molar-refractivity contribution is 6.38. The molecule has 1 heterocycles. The van der Waals surface area contributed by atoms with Gasteiger partial charge in [-0.1, -0.05) is 60.8 Å². The average molecular weight is 687 g/mol. The van der Waals surface area contributed by atoms with Crippen LogP contribution >= 0.6 is 0 Å². The van der Waals surface area contributed by atoms with Crippen LogP contribution in [0.2, 0.25) is 0 Å². The van der Waals surface area contributed by atoms with Gasteiger partial charge in [0.2, 0.25) is 17.6 Å². The summed E-state index contributed by atoms with van der Waals surface area (Å²) in [5, 5.41) is 13.8. The van der Waals surface area contributed by atoms with E-state index in [-0.39, 0.29) is 49.2 Å². The van der Waals surface area contributed by atoms with Gasteiger partial charge in [-0.2, -0.15) is 0 Å². The van der Waals surface area contributed by atoms with E-state index in [1.54, 1.807) is 18.7 Å². The molecule has 0 radical (unpaired) electrons. The molecule has 13 nitrogen and oxygen atoms in total. The fourth-order valence-electron chi connectivity index (χ4n) is 7.51. The molecule has 3 fully saturated rings. The van der Waals surface area contributed by atoms with Crippen molar-refractivity contribution in [2.24, 2.45) is 28.1 Å². The molecule has 2 saturated carbocycles. The molecule has 274 valence electrons. The Hall–Kier alpha value is -3.82. The molecule has 3 rings (SSSR count). The molecule has 1 saturated heterocycles. The fourth-order valence-corrected chi connectivity index (χ4v) is 7.51. The molecule has 1 aliphatic heterocycles. The number of likely N-dealkylation sites (N-methyl/N-ethyl adjacent to an activating group) is 1. The number of amides is 6. The predicted molar refractivity (Wildman–Crippen MR) is 185 cm³/mol. The molecule has 0 aromatic heterocycles. The molecular formula is C36H58N6O7. The Morgan fingerprint density at radius 1 is 0.939 bits per heavy atom. The van der Waals surface area contributed by atoms with Gasteiger partial charge in [-0.05, 0) is 61.2 Å². The van der Waals surface area contributed by atoms with Gasteiger partial charge in [0.05, 0.1) is 12.1 Å². The summed E-state index contributed by atoms with van der Waals surface area (Å²) in [6, 6.07) is -4.11. The third-order valence-electron chi connectivity index (χ3n) is 10.8. The van der Waals surface area contributed by atoms with Crippen molar-refractivity contribution < 1.29 is 33.5 Å². The molecule has 49 heavy (non-hydrogen) atoms. The predicted octanol–water partition coefficient (Wildman–Crippen LogP) is 2.87. The third-order valence-corrected chi connectivity index (χ3v) is 10.8. The monoisotopic (exact) mass is 686 g/mol. The van der Waals surface area contributed by atoms with E-state index in [4.69, 9.17) is 11.2 Å². The van der Waals surface area contributed by atoms with E-state index < -0.39 is 64.7 Å². The van der Waals surface area contributed by atoms with Crippen LogP contribution in [0.5, 0.6) is 0 Å². The Morgan fingerprint density at radius 2 is 1.57 bits per heavy atom. The molecule has 0 aromatic rings. The first kappa shape index (κ1) is 39.6. The number of Topliss-reactive ketones (excluding diaryl/α,β-unsaturated/α-hetero) is 1. The number of ether oxygens (including phenoxy) is 1. The van der Waals surface area contributed by atoms with Crippen molar-refractivity contribution in [1.82, 2.24) is 31.5 Å². The smallest absolute Gasteiger partial charge is 0.407 e. The molecule has 0 spiro atoms. The van der Waals surface area contributed by atoms with Crippen molar-refractivity contribution >= 4 is 35.6 Å². The second-order valence-corrected chi connectivity index (χ2v) is 15.7. The second kappa shape index (κ2) is 16.3. The lowest BCUT2D eigenvalue weighted by molar-refractivity contribution is -0.146. The van der Waals surface area contributed by atoms with Gasteiger partial charge < -0.3 is 36.2 Å². The number of urea groups is 1. The van der Waals surface area contributed by atoms with Crippen LogP contribution < -0.4 is 26.6 Å². The summed E-state index contributed by atoms with van der Waals surface area (Å²) in [5.74, 6) is -0.104. The van der Waals surface area contributed by atoms with E-state index in [0.29, 0.717) is 25.9 Å². The first-order valence-corrected chi connectivity index (χ1v) is 17.8. The maximum absolute atomic E-state index is 14.7. The second-order valence-electron chi connectivity index (χ2n) is 15.7. The standard InChI is InChI=1S/C36H58N6O7/c1-10-13-17-23(27(43)30(45)37-11-2)39-29(44)26-25-22(35(25,7)8)20-42(26)31(46)28(36(9)18-15-14-16-19-36)41-32(47)40-24(34(4,5)6)21-49-33(48)38-12-3/h1,22-26,28H,11-21H2,2-9H3,(H,37,45)(H,38,48)(H,39,44)(H2,40,41,47)/t22-,23?,24+,25-,26-,28+/m0/s1. The molecule has 5 N–H and O–H groups in total. The van der Waals surface area contributed by atoms with Gasteiger partial charge in [-0.3, -0.25) is 19.2 Å². The minimum Gasteiger partial charge on any atom is -0.447 e. The highest BCUT2D eigenvalue weighted by atomic mass is 16.5. The zero-order valence-electron chi connectivity index (χ0n) is 30.6. The number of likely N-dealkylation sites (tertiary alicyclic amines) is 1. The van der Waals surface area contributed by atoms with Crippen LogP contribution in [0.3, 0.4) is 0 Å². The normalized spacial score (nSPS) is 23.7. The van der Waals surface area contributed by atoms with Gasteiger partial charge in [-0.25, -0.2) is 9.59 Å². The van der Waals surface area contributed by atoms with Gasteiger partial charge in [0, 0.05) is 26.1 Å². The van der Waals surface area contributed by atoms with E-state index in [1.807, 2.05) is 27.7 Å². The number of carbonyl (C=O) groups excluding carboxylic acids is 6. The SMILES string of the molecule is C#CCCC(NC(=O)[C@@H]1[C@@H]2[C@H](CN1C(=O)[C@@H](NC(=O)N[C@H](COC(=O)NCC)C(C)(C)C)C1(C)CCCCC1)C2(C)C)C(=O)C(=O)NCC. The topological polar surface area (TPSA) is 175 Å². The maximum Gasteiger partial charge on any atom is 0.407 e.